The minimum Gasteiger partial charge on any atom is -0.390 e. The molecule has 0 heterocycles. The van der Waals surface area contributed by atoms with Crippen molar-refractivity contribution in [3.05, 3.63) is 0 Å². The summed E-state index contributed by atoms with van der Waals surface area (Å²) in [7, 11) is 1.67. The van der Waals surface area contributed by atoms with Gasteiger partial charge in [-0.05, 0) is 6.92 Å². The van der Waals surface area contributed by atoms with Gasteiger partial charge in [0.2, 0.25) is 0 Å². The molecule has 0 bridgehead atoms. The van der Waals surface area contributed by atoms with E-state index < -0.39 is 12.3 Å². The molecular formula is C6H17N3O2. The van der Waals surface area contributed by atoms with Gasteiger partial charge in [-0.2, -0.15) is 0 Å². The number of hydrogen-bond acceptors (Lipinski definition) is 5. The number of hydrogen-bond donors (Lipinski definition) is 4. The van der Waals surface area contributed by atoms with E-state index in [1.54, 1.807) is 14.0 Å². The summed E-state index contributed by atoms with van der Waals surface area (Å²) < 4.78 is 0. The van der Waals surface area contributed by atoms with Crippen LogP contribution in [0.5, 0.6) is 0 Å². The minimum absolute atomic E-state index is 0.346. The van der Waals surface area contributed by atoms with Crippen LogP contribution >= 0.6 is 0 Å². The van der Waals surface area contributed by atoms with Crippen molar-refractivity contribution in [1.82, 2.24) is 10.3 Å². The molecule has 11 heavy (non-hydrogen) atoms. The van der Waals surface area contributed by atoms with Crippen molar-refractivity contribution in [2.75, 3.05) is 20.1 Å². The van der Waals surface area contributed by atoms with Crippen molar-refractivity contribution in [2.45, 2.75) is 19.3 Å². The molecule has 0 aliphatic heterocycles. The number of hydrazine groups is 1. The van der Waals surface area contributed by atoms with E-state index in [2.05, 4.69) is 5.32 Å². The summed E-state index contributed by atoms with van der Waals surface area (Å²) >= 11 is 0. The van der Waals surface area contributed by atoms with Gasteiger partial charge in [-0.25, -0.2) is 5.01 Å². The molecule has 0 aromatic heterocycles. The molecular weight excluding hydrogens is 146 g/mol. The Morgan fingerprint density at radius 3 is 2.45 bits per heavy atom. The summed E-state index contributed by atoms with van der Waals surface area (Å²) in [6, 6.07) is 0. The van der Waals surface area contributed by atoms with Crippen molar-refractivity contribution in [1.29, 1.82) is 0 Å². The molecule has 2 unspecified atom stereocenters. The Hall–Kier alpha value is -0.200. The molecule has 5 heteroatoms. The summed E-state index contributed by atoms with van der Waals surface area (Å²) in [6.45, 7) is 2.33. The number of nitrogens with one attached hydrogen (secondary N) is 1. The van der Waals surface area contributed by atoms with Crippen LogP contribution in [0.3, 0.4) is 0 Å². The van der Waals surface area contributed by atoms with Crippen molar-refractivity contribution in [3.8, 4) is 0 Å². The van der Waals surface area contributed by atoms with Gasteiger partial charge >= 0.3 is 0 Å². The zero-order valence-electron chi connectivity index (χ0n) is 6.99. The topological polar surface area (TPSA) is 81.8 Å². The summed E-state index contributed by atoms with van der Waals surface area (Å²) in [6.07, 6.45) is -1.13. The van der Waals surface area contributed by atoms with E-state index in [0.717, 1.165) is 0 Å². The van der Waals surface area contributed by atoms with Crippen LogP contribution in [-0.2, 0) is 0 Å². The third-order valence-electron chi connectivity index (χ3n) is 1.15. The average Bonchev–Trinajstić information content (AvgIpc) is 1.82. The maximum atomic E-state index is 9.17. The molecule has 0 aromatic carbocycles. The molecule has 2 atom stereocenters. The Morgan fingerprint density at radius 2 is 2.09 bits per heavy atom. The van der Waals surface area contributed by atoms with E-state index in [1.165, 1.54) is 5.01 Å². The quantitative estimate of drug-likeness (QED) is 0.216. The number of rotatable bonds is 5. The summed E-state index contributed by atoms with van der Waals surface area (Å²) in [5.74, 6) is 5.28. The molecule has 0 aromatic rings. The molecule has 0 fully saturated rings. The van der Waals surface area contributed by atoms with Crippen molar-refractivity contribution >= 4 is 0 Å². The number of likely N-dealkylation sites (N-methyl/N-ethyl adjacent to an activating group) is 1. The van der Waals surface area contributed by atoms with Crippen LogP contribution in [0.15, 0.2) is 0 Å². The molecule has 5 N–H and O–H groups in total. The first-order chi connectivity index (χ1) is 5.02. The normalized spacial score (nSPS) is 16.9. The number of aliphatic hydroxyl groups is 2. The predicted octanol–water partition coefficient (Wildman–Crippen LogP) is -1.92. The first-order valence-corrected chi connectivity index (χ1v) is 3.57. The van der Waals surface area contributed by atoms with Crippen LogP contribution < -0.4 is 11.2 Å². The zero-order valence-corrected chi connectivity index (χ0v) is 6.99. The zero-order chi connectivity index (χ0) is 8.85. The fraction of sp³-hybridized carbons (Fsp3) is 1.00. The van der Waals surface area contributed by atoms with Gasteiger partial charge in [0.25, 0.3) is 0 Å². The van der Waals surface area contributed by atoms with Crippen LogP contribution in [-0.4, -0.2) is 47.7 Å². The average molecular weight is 163 g/mol. The fourth-order valence-corrected chi connectivity index (χ4v) is 0.704. The Bertz CT molecular complexity index is 97.8. The second-order valence-corrected chi connectivity index (χ2v) is 2.68. The lowest BCUT2D eigenvalue weighted by Gasteiger charge is -2.16. The van der Waals surface area contributed by atoms with E-state index in [1.807, 2.05) is 0 Å². The summed E-state index contributed by atoms with van der Waals surface area (Å²) in [4.78, 5) is 0. The lowest BCUT2D eigenvalue weighted by Crippen LogP contribution is -2.41. The van der Waals surface area contributed by atoms with Gasteiger partial charge in [0.15, 0.2) is 0 Å². The number of nitrogens with zero attached hydrogens (tertiary/aromatic N) is 1. The molecule has 0 amide bonds. The molecule has 0 rings (SSSR count). The lowest BCUT2D eigenvalue weighted by atomic mass is 10.3. The third kappa shape index (κ3) is 7.70. The lowest BCUT2D eigenvalue weighted by molar-refractivity contribution is 0.0919. The predicted molar refractivity (Wildman–Crippen MR) is 42.5 cm³/mol. The largest absolute Gasteiger partial charge is 0.390 e. The van der Waals surface area contributed by atoms with Crippen LogP contribution in [0.25, 0.3) is 0 Å². The second-order valence-electron chi connectivity index (χ2n) is 2.68. The van der Waals surface area contributed by atoms with Gasteiger partial charge in [-0.1, -0.05) is 0 Å². The standard InChI is InChI=1S/C6H17N3O2/c1-5(10)8-3-6(11)4-9(2)7/h5-6,8,10-11H,3-4,7H2,1-2H3. The van der Waals surface area contributed by atoms with E-state index in [0.29, 0.717) is 13.1 Å². The highest BCUT2D eigenvalue weighted by atomic mass is 16.3. The van der Waals surface area contributed by atoms with Crippen LogP contribution in [0, 0.1) is 0 Å². The van der Waals surface area contributed by atoms with Gasteiger partial charge in [0, 0.05) is 20.1 Å². The van der Waals surface area contributed by atoms with E-state index >= 15 is 0 Å². The summed E-state index contributed by atoms with van der Waals surface area (Å²) in [5.41, 5.74) is 0. The van der Waals surface area contributed by atoms with Crippen LogP contribution in [0.1, 0.15) is 6.92 Å². The molecule has 5 nitrogen and oxygen atoms in total. The first kappa shape index (κ1) is 10.8. The Balaban J connectivity index is 3.29. The van der Waals surface area contributed by atoms with E-state index in [9.17, 15) is 5.11 Å². The van der Waals surface area contributed by atoms with E-state index in [4.69, 9.17) is 10.9 Å². The Labute approximate surface area is 66.8 Å². The number of aliphatic hydroxyl groups excluding tert-OH is 2. The molecule has 0 radical (unpaired) electrons. The van der Waals surface area contributed by atoms with Gasteiger partial charge in [0.05, 0.1) is 6.10 Å². The van der Waals surface area contributed by atoms with Gasteiger partial charge in [-0.15, -0.1) is 0 Å². The Morgan fingerprint density at radius 1 is 1.55 bits per heavy atom. The molecule has 0 saturated heterocycles. The highest BCUT2D eigenvalue weighted by molar-refractivity contribution is 4.61. The number of nitrogens with two attached hydrogens (primary N) is 1. The molecule has 0 saturated carbocycles. The highest BCUT2D eigenvalue weighted by Crippen LogP contribution is 1.82. The molecule has 0 spiro atoms. The smallest absolute Gasteiger partial charge is 0.102 e. The van der Waals surface area contributed by atoms with Gasteiger partial charge in [0.1, 0.15) is 6.23 Å². The highest BCUT2D eigenvalue weighted by Gasteiger charge is 2.05. The van der Waals surface area contributed by atoms with Crippen molar-refractivity contribution < 1.29 is 10.2 Å². The molecule has 68 valence electrons. The minimum atomic E-state index is -0.590. The van der Waals surface area contributed by atoms with Crippen LogP contribution in [0.4, 0.5) is 0 Å². The molecule has 0 aliphatic rings. The van der Waals surface area contributed by atoms with Crippen molar-refractivity contribution in [3.63, 3.8) is 0 Å². The maximum Gasteiger partial charge on any atom is 0.102 e. The van der Waals surface area contributed by atoms with E-state index in [-0.39, 0.29) is 0 Å². The first-order valence-electron chi connectivity index (χ1n) is 3.57. The van der Waals surface area contributed by atoms with Crippen molar-refractivity contribution in [2.24, 2.45) is 5.84 Å². The molecule has 0 aliphatic carbocycles. The van der Waals surface area contributed by atoms with Crippen LogP contribution in [0.2, 0.25) is 0 Å². The SMILES string of the molecule is CC(O)NCC(O)CN(C)N. The fourth-order valence-electron chi connectivity index (χ4n) is 0.704. The third-order valence-corrected chi connectivity index (χ3v) is 1.15. The second kappa shape index (κ2) is 5.45. The monoisotopic (exact) mass is 163 g/mol. The Kier molecular flexibility index (Phi) is 5.35. The van der Waals surface area contributed by atoms with Gasteiger partial charge in [-0.3, -0.25) is 11.2 Å². The van der Waals surface area contributed by atoms with Gasteiger partial charge < -0.3 is 10.2 Å². The maximum absolute atomic E-state index is 9.17. The summed E-state index contributed by atoms with van der Waals surface area (Å²) in [5, 5.41) is 22.0.